The quantitative estimate of drug-likeness (QED) is 0.158. The maximum atomic E-state index is 6.53. The van der Waals surface area contributed by atoms with Gasteiger partial charge >= 0.3 is 0 Å². The van der Waals surface area contributed by atoms with Gasteiger partial charge in [-0.25, -0.2) is 0 Å². The van der Waals surface area contributed by atoms with Gasteiger partial charge in [-0.1, -0.05) is 250 Å². The average Bonchev–Trinajstić information content (AvgIpc) is 3.09. The molecule has 3 aliphatic carbocycles. The number of rotatable bonds is 7. The molecule has 79 heavy (non-hydrogen) atoms. The third kappa shape index (κ3) is 6.34. The molecule has 2 heteroatoms. The number of fused-ring (bicyclic) bond motifs is 15. The van der Waals surface area contributed by atoms with Crippen LogP contribution in [0.3, 0.4) is 0 Å². The molecular formula is C77H53NO. The summed E-state index contributed by atoms with van der Waals surface area (Å²) in [5, 5.41) is 2.26. The van der Waals surface area contributed by atoms with E-state index < -0.39 is 10.8 Å². The van der Waals surface area contributed by atoms with Gasteiger partial charge in [0.15, 0.2) is 0 Å². The zero-order valence-corrected chi connectivity index (χ0v) is 44.0. The van der Waals surface area contributed by atoms with Crippen molar-refractivity contribution in [3.63, 3.8) is 0 Å². The number of hydrogen-bond donors (Lipinski definition) is 0. The lowest BCUT2D eigenvalue weighted by molar-refractivity contribution is 0.624. The third-order valence-electron chi connectivity index (χ3n) is 18.1. The lowest BCUT2D eigenvalue weighted by Gasteiger charge is -2.50. The van der Waals surface area contributed by atoms with Crippen molar-refractivity contribution in [2.45, 2.75) is 30.1 Å². The largest absolute Gasteiger partial charge is 0.455 e. The fourth-order valence-corrected chi connectivity index (χ4v) is 14.6. The van der Waals surface area contributed by atoms with Crippen LogP contribution in [0, 0.1) is 0 Å². The molecule has 0 saturated heterocycles. The Balaban J connectivity index is 0.847. The number of anilines is 3. The Bertz CT molecular complexity index is 4470. The molecule has 0 bridgehead atoms. The Labute approximate surface area is 461 Å². The fraction of sp³-hybridized carbons (Fsp3) is 0.0649. The average molecular weight is 1010 g/mol. The van der Waals surface area contributed by atoms with E-state index in [9.17, 15) is 0 Å². The maximum Gasteiger partial charge on any atom is 0.143 e. The molecule has 0 N–H and O–H groups in total. The molecule has 13 aromatic rings. The predicted molar refractivity (Wildman–Crippen MR) is 326 cm³/mol. The van der Waals surface area contributed by atoms with Crippen molar-refractivity contribution < 1.29 is 4.42 Å². The number of benzene rings is 12. The molecule has 12 aromatic carbocycles. The predicted octanol–water partition coefficient (Wildman–Crippen LogP) is 19.8. The van der Waals surface area contributed by atoms with E-state index in [0.717, 1.165) is 55.7 Å². The topological polar surface area (TPSA) is 16.4 Å². The highest BCUT2D eigenvalue weighted by Crippen LogP contribution is 2.65. The standard InChI is InChI=1S/C77H53NO/c1-75(2)65-29-12-9-24-59(65)61-47-45-57(49-71(61)75)78(56-43-38-51(39-44-56)58-27-19-28-64-63-26-11-18-35-73(63)79-74(58)64)55-41-36-50(37-42-55)52-40-46-62-60-25-10-13-30-66(60)77(72(62)48-52)69-33-16-14-31-67(69)76(53-20-5-3-6-21-53,54-22-7-4-8-23-54)68-32-15-17-34-70(68)77/h3-49H,1-2H3. The van der Waals surface area contributed by atoms with Crippen molar-refractivity contribution in [3.8, 4) is 44.5 Å². The Morgan fingerprint density at radius 2 is 0.722 bits per heavy atom. The molecule has 16 rings (SSSR count). The van der Waals surface area contributed by atoms with E-state index >= 15 is 0 Å². The van der Waals surface area contributed by atoms with Crippen LogP contribution in [0.5, 0.6) is 0 Å². The molecule has 2 nitrogen and oxygen atoms in total. The lowest BCUT2D eigenvalue weighted by Crippen LogP contribution is -2.44. The smallest absolute Gasteiger partial charge is 0.143 e. The van der Waals surface area contributed by atoms with E-state index in [-0.39, 0.29) is 5.41 Å². The molecule has 1 spiro atoms. The van der Waals surface area contributed by atoms with Crippen molar-refractivity contribution in [1.82, 2.24) is 0 Å². The van der Waals surface area contributed by atoms with Crippen LogP contribution in [0.1, 0.15) is 69.5 Å². The van der Waals surface area contributed by atoms with Gasteiger partial charge in [-0.05, 0) is 143 Å². The lowest BCUT2D eigenvalue weighted by atomic mass is 9.51. The van der Waals surface area contributed by atoms with Gasteiger partial charge in [0.2, 0.25) is 0 Å². The van der Waals surface area contributed by atoms with Gasteiger partial charge in [-0.2, -0.15) is 0 Å². The van der Waals surface area contributed by atoms with E-state index in [1.165, 1.54) is 83.5 Å². The zero-order chi connectivity index (χ0) is 52.5. The van der Waals surface area contributed by atoms with Gasteiger partial charge in [0.25, 0.3) is 0 Å². The first-order valence-electron chi connectivity index (χ1n) is 27.7. The van der Waals surface area contributed by atoms with Gasteiger partial charge < -0.3 is 9.32 Å². The van der Waals surface area contributed by atoms with E-state index in [1.54, 1.807) is 0 Å². The number of para-hydroxylation sites is 2. The van der Waals surface area contributed by atoms with Crippen LogP contribution in [-0.2, 0) is 16.2 Å². The van der Waals surface area contributed by atoms with Gasteiger partial charge in [0.1, 0.15) is 11.2 Å². The van der Waals surface area contributed by atoms with Crippen molar-refractivity contribution in [2.24, 2.45) is 0 Å². The third-order valence-corrected chi connectivity index (χ3v) is 18.1. The minimum Gasteiger partial charge on any atom is -0.455 e. The maximum absolute atomic E-state index is 6.53. The Morgan fingerprint density at radius 3 is 1.37 bits per heavy atom. The molecule has 0 atom stereocenters. The van der Waals surface area contributed by atoms with Crippen molar-refractivity contribution in [2.75, 3.05) is 4.90 Å². The highest BCUT2D eigenvalue weighted by molar-refractivity contribution is 6.09. The second-order valence-electron chi connectivity index (χ2n) is 22.2. The Morgan fingerprint density at radius 1 is 0.278 bits per heavy atom. The van der Waals surface area contributed by atoms with Gasteiger partial charge in [-0.15, -0.1) is 0 Å². The summed E-state index contributed by atoms with van der Waals surface area (Å²) in [6, 6.07) is 106. The molecule has 1 heterocycles. The van der Waals surface area contributed by atoms with Gasteiger partial charge in [0.05, 0.1) is 10.8 Å². The second-order valence-corrected chi connectivity index (χ2v) is 22.2. The van der Waals surface area contributed by atoms with Crippen LogP contribution in [0.15, 0.2) is 290 Å². The van der Waals surface area contributed by atoms with Crippen molar-refractivity contribution >= 4 is 39.0 Å². The molecule has 0 amide bonds. The molecule has 0 aliphatic heterocycles. The van der Waals surface area contributed by atoms with Gasteiger partial charge in [0, 0.05) is 38.8 Å². The summed E-state index contributed by atoms with van der Waals surface area (Å²) < 4.78 is 6.53. The van der Waals surface area contributed by atoms with Crippen molar-refractivity contribution in [3.05, 3.63) is 341 Å². The number of nitrogens with zero attached hydrogens (tertiary/aromatic N) is 1. The molecule has 0 fully saturated rings. The van der Waals surface area contributed by atoms with Crippen molar-refractivity contribution in [1.29, 1.82) is 0 Å². The summed E-state index contributed by atoms with van der Waals surface area (Å²) >= 11 is 0. The van der Waals surface area contributed by atoms with E-state index in [1.807, 2.05) is 6.07 Å². The summed E-state index contributed by atoms with van der Waals surface area (Å²) in [5.74, 6) is 0. The highest BCUT2D eigenvalue weighted by atomic mass is 16.3. The van der Waals surface area contributed by atoms with E-state index in [0.29, 0.717) is 0 Å². The molecule has 372 valence electrons. The highest BCUT2D eigenvalue weighted by Gasteiger charge is 2.56. The summed E-state index contributed by atoms with van der Waals surface area (Å²) in [7, 11) is 0. The number of hydrogen-bond acceptors (Lipinski definition) is 2. The van der Waals surface area contributed by atoms with Crippen LogP contribution in [0.2, 0.25) is 0 Å². The minimum atomic E-state index is -0.581. The van der Waals surface area contributed by atoms with Crippen LogP contribution in [-0.4, -0.2) is 0 Å². The van der Waals surface area contributed by atoms with Crippen LogP contribution < -0.4 is 4.90 Å². The first-order chi connectivity index (χ1) is 38.9. The van der Waals surface area contributed by atoms with Crippen LogP contribution >= 0.6 is 0 Å². The zero-order valence-electron chi connectivity index (χ0n) is 44.0. The van der Waals surface area contributed by atoms with E-state index in [2.05, 4.69) is 298 Å². The monoisotopic (exact) mass is 1010 g/mol. The summed E-state index contributed by atoms with van der Waals surface area (Å²) in [5.41, 5.74) is 26.6. The molecule has 0 unspecified atom stereocenters. The summed E-state index contributed by atoms with van der Waals surface area (Å²) in [4.78, 5) is 2.42. The van der Waals surface area contributed by atoms with E-state index in [4.69, 9.17) is 4.42 Å². The fourth-order valence-electron chi connectivity index (χ4n) is 14.6. The molecule has 0 radical (unpaired) electrons. The SMILES string of the molecule is CC1(C)c2ccccc2-c2ccc(N(c3ccc(-c4ccc5c(c4)C4(c6ccccc6-5)c5ccccc5C(c5ccccc5)(c5ccccc5)c5ccccc54)cc3)c3ccc(-c4cccc5c4oc4ccccc45)cc3)cc21. The summed E-state index contributed by atoms with van der Waals surface area (Å²) in [6.07, 6.45) is 0. The first-order valence-corrected chi connectivity index (χ1v) is 27.7. The molecule has 0 saturated carbocycles. The van der Waals surface area contributed by atoms with Gasteiger partial charge in [-0.3, -0.25) is 0 Å². The van der Waals surface area contributed by atoms with Crippen LogP contribution in [0.25, 0.3) is 66.4 Å². The minimum absolute atomic E-state index is 0.152. The molecular weight excluding hydrogens is 955 g/mol. The second kappa shape index (κ2) is 17.1. The first kappa shape index (κ1) is 45.4. The molecule has 1 aromatic heterocycles. The number of furan rings is 1. The van der Waals surface area contributed by atoms with Crippen LogP contribution in [0.4, 0.5) is 17.1 Å². The molecule has 3 aliphatic rings. The summed E-state index contributed by atoms with van der Waals surface area (Å²) in [6.45, 7) is 4.72. The Hall–Kier alpha value is -9.76. The Kier molecular flexibility index (Phi) is 9.85. The normalized spacial score (nSPS) is 14.5.